The second-order valence-electron chi connectivity index (χ2n) is 8.61. The monoisotopic (exact) mass is 549 g/mol. The number of azo groups is 1. The molecule has 206 valence electrons. The molecule has 1 aliphatic rings. The molecular formula is C24H31N5O8S. The molecule has 1 atom stereocenters. The van der Waals surface area contributed by atoms with Gasteiger partial charge in [-0.15, -0.1) is 5.11 Å². The summed E-state index contributed by atoms with van der Waals surface area (Å²) in [5.74, 6) is -0.636. The van der Waals surface area contributed by atoms with Crippen LogP contribution in [0.3, 0.4) is 0 Å². The zero-order valence-corrected chi connectivity index (χ0v) is 21.8. The van der Waals surface area contributed by atoms with E-state index in [9.17, 15) is 28.7 Å². The maximum Gasteiger partial charge on any atom is 0.271 e. The van der Waals surface area contributed by atoms with E-state index in [4.69, 9.17) is 14.6 Å². The Hall–Kier alpha value is -3.19. The predicted octanol–water partition coefficient (Wildman–Crippen LogP) is 1.39. The van der Waals surface area contributed by atoms with Crippen molar-refractivity contribution in [3.63, 3.8) is 0 Å². The molecule has 2 aromatic rings. The van der Waals surface area contributed by atoms with Gasteiger partial charge in [0, 0.05) is 32.4 Å². The first-order chi connectivity index (χ1) is 18.3. The molecule has 1 fully saturated rings. The number of sulfonamides is 1. The second-order valence-corrected chi connectivity index (χ2v) is 10.5. The van der Waals surface area contributed by atoms with Crippen LogP contribution in [0.25, 0.3) is 0 Å². The lowest BCUT2D eigenvalue weighted by Crippen LogP contribution is -2.40. The number of aliphatic hydroxyl groups excluding tert-OH is 2. The Labute approximate surface area is 220 Å². The van der Waals surface area contributed by atoms with Crippen LogP contribution in [0, 0.1) is 17.2 Å². The van der Waals surface area contributed by atoms with Gasteiger partial charge >= 0.3 is 0 Å². The highest BCUT2D eigenvalue weighted by Gasteiger charge is 2.30. The fraction of sp³-hybridized carbons (Fsp3) is 0.500. The molecule has 0 radical (unpaired) electrons. The van der Waals surface area contributed by atoms with E-state index in [1.807, 2.05) is 6.07 Å². The van der Waals surface area contributed by atoms with Gasteiger partial charge in [0.15, 0.2) is 5.69 Å². The van der Waals surface area contributed by atoms with Crippen molar-refractivity contribution in [2.45, 2.75) is 30.9 Å². The highest BCUT2D eigenvalue weighted by Crippen LogP contribution is 2.33. The van der Waals surface area contributed by atoms with Gasteiger partial charge in [0.2, 0.25) is 15.9 Å². The first-order valence-electron chi connectivity index (χ1n) is 12.0. The van der Waals surface area contributed by atoms with Gasteiger partial charge in [-0.05, 0) is 43.0 Å². The number of aliphatic hydroxyl groups is 2. The largest absolute Gasteiger partial charge is 0.493 e. The van der Waals surface area contributed by atoms with Crippen molar-refractivity contribution in [2.24, 2.45) is 16.1 Å². The van der Waals surface area contributed by atoms with Crippen LogP contribution in [0.15, 0.2) is 44.2 Å². The highest BCUT2D eigenvalue weighted by molar-refractivity contribution is 7.89. The molecule has 1 aromatic heterocycles. The molecule has 1 unspecified atom stereocenters. The van der Waals surface area contributed by atoms with Gasteiger partial charge in [-0.1, -0.05) is 0 Å². The Balaban J connectivity index is 1.91. The molecule has 0 amide bonds. The Bertz CT molecular complexity index is 1340. The number of rotatable bonds is 12. The minimum Gasteiger partial charge on any atom is -0.493 e. The molecule has 0 spiro atoms. The molecule has 0 saturated carbocycles. The van der Waals surface area contributed by atoms with Crippen LogP contribution < -0.4 is 5.56 Å². The van der Waals surface area contributed by atoms with Crippen LogP contribution in [-0.4, -0.2) is 79.2 Å². The number of aromatic hydroxyl groups is 1. The number of nitriles is 1. The van der Waals surface area contributed by atoms with Crippen molar-refractivity contribution in [3.05, 3.63) is 45.7 Å². The minimum absolute atomic E-state index is 0.00882. The van der Waals surface area contributed by atoms with Crippen LogP contribution in [0.4, 0.5) is 11.4 Å². The van der Waals surface area contributed by atoms with Gasteiger partial charge in [-0.2, -0.15) is 14.7 Å². The van der Waals surface area contributed by atoms with E-state index in [-0.39, 0.29) is 79.4 Å². The van der Waals surface area contributed by atoms with Crippen LogP contribution in [-0.2, 0) is 32.6 Å². The van der Waals surface area contributed by atoms with E-state index in [2.05, 4.69) is 10.2 Å². The lowest BCUT2D eigenvalue weighted by molar-refractivity contribution is 0.0853. The molecule has 2 heterocycles. The molecule has 1 saturated heterocycles. The summed E-state index contributed by atoms with van der Waals surface area (Å²) < 4.78 is 38.6. The first kappa shape index (κ1) is 29.4. The zero-order valence-electron chi connectivity index (χ0n) is 21.0. The quantitative estimate of drug-likeness (QED) is 0.260. The molecule has 0 bridgehead atoms. The molecule has 3 N–H and O–H groups in total. The maximum absolute atomic E-state index is 13.0. The number of hydrogen-bond donors (Lipinski definition) is 3. The third-order valence-corrected chi connectivity index (χ3v) is 7.97. The van der Waals surface area contributed by atoms with Crippen molar-refractivity contribution in [2.75, 3.05) is 46.6 Å². The number of hydrogen-bond acceptors (Lipinski definition) is 11. The maximum atomic E-state index is 13.0. The van der Waals surface area contributed by atoms with E-state index in [0.29, 0.717) is 13.0 Å². The first-order valence-corrected chi connectivity index (χ1v) is 13.4. The number of benzene rings is 1. The van der Waals surface area contributed by atoms with Crippen molar-refractivity contribution >= 4 is 21.4 Å². The van der Waals surface area contributed by atoms with E-state index in [0.717, 1.165) is 11.0 Å². The number of nitrogens with zero attached hydrogens (tertiary/aromatic N) is 5. The summed E-state index contributed by atoms with van der Waals surface area (Å²) in [6.45, 7) is 0.0932. The summed E-state index contributed by atoms with van der Waals surface area (Å²) >= 11 is 0. The average molecular weight is 550 g/mol. The van der Waals surface area contributed by atoms with E-state index >= 15 is 0 Å². The third kappa shape index (κ3) is 6.62. The Kier molecular flexibility index (Phi) is 10.5. The summed E-state index contributed by atoms with van der Waals surface area (Å²) in [7, 11) is -2.39. The van der Waals surface area contributed by atoms with Crippen LogP contribution >= 0.6 is 0 Å². The lowest BCUT2D eigenvalue weighted by atomic mass is 10.0. The number of pyridine rings is 1. The SMILES string of the molecule is COCc1c(/N=N/c2ccc(S(=O)(=O)N3CCCC(CO)C3)cc2)c(O)n(CCOCCO)c(=O)c1C#N. The Morgan fingerprint density at radius 1 is 1.18 bits per heavy atom. The zero-order chi connectivity index (χ0) is 27.7. The van der Waals surface area contributed by atoms with Crippen molar-refractivity contribution in [1.29, 1.82) is 5.26 Å². The average Bonchev–Trinajstić information content (AvgIpc) is 2.93. The Morgan fingerprint density at radius 3 is 2.55 bits per heavy atom. The third-order valence-electron chi connectivity index (χ3n) is 6.09. The normalized spacial score (nSPS) is 16.6. The van der Waals surface area contributed by atoms with Crippen LogP contribution in [0.2, 0.25) is 0 Å². The summed E-state index contributed by atoms with van der Waals surface area (Å²) in [5.41, 5.74) is -0.855. The molecule has 1 aromatic carbocycles. The van der Waals surface area contributed by atoms with Crippen molar-refractivity contribution in [1.82, 2.24) is 8.87 Å². The summed E-state index contributed by atoms with van der Waals surface area (Å²) in [6, 6.07) is 7.50. The number of methoxy groups -OCH3 is 1. The second kappa shape index (κ2) is 13.6. The van der Waals surface area contributed by atoms with Crippen molar-refractivity contribution < 1.29 is 33.2 Å². The number of ether oxygens (including phenoxy) is 2. The molecule has 13 nitrogen and oxygen atoms in total. The van der Waals surface area contributed by atoms with Crippen LogP contribution in [0.5, 0.6) is 5.88 Å². The summed E-state index contributed by atoms with van der Waals surface area (Å²) in [6.07, 6.45) is 1.45. The fourth-order valence-electron chi connectivity index (χ4n) is 4.11. The van der Waals surface area contributed by atoms with Gasteiger partial charge < -0.3 is 24.8 Å². The molecule has 0 aliphatic carbocycles. The topological polar surface area (TPSA) is 187 Å². The van der Waals surface area contributed by atoms with Crippen LogP contribution in [0.1, 0.15) is 24.0 Å². The molecular weight excluding hydrogens is 518 g/mol. The van der Waals surface area contributed by atoms with Gasteiger partial charge in [0.25, 0.3) is 5.56 Å². The van der Waals surface area contributed by atoms with Gasteiger partial charge in [0.1, 0.15) is 11.6 Å². The smallest absolute Gasteiger partial charge is 0.271 e. The Morgan fingerprint density at radius 2 is 1.92 bits per heavy atom. The lowest BCUT2D eigenvalue weighted by Gasteiger charge is -2.30. The fourth-order valence-corrected chi connectivity index (χ4v) is 5.67. The predicted molar refractivity (Wildman–Crippen MR) is 135 cm³/mol. The number of piperidine rings is 1. The van der Waals surface area contributed by atoms with Crippen molar-refractivity contribution in [3.8, 4) is 11.9 Å². The van der Waals surface area contributed by atoms with E-state index in [1.54, 1.807) is 0 Å². The molecule has 3 rings (SSSR count). The molecule has 1 aliphatic heterocycles. The van der Waals surface area contributed by atoms with Gasteiger partial charge in [0.05, 0.1) is 43.6 Å². The number of aromatic nitrogens is 1. The standard InChI is InChI=1S/C24H31N5O8S/c1-36-16-21-20(13-25)23(32)29(9-11-37-12-10-30)24(33)22(21)27-26-18-4-6-19(7-5-18)38(34,35)28-8-2-3-17(14-28)15-31/h4-7,17,30-31,33H,2-3,8-12,14-16H2,1H3/b27-26+. The summed E-state index contributed by atoms with van der Waals surface area (Å²) in [4.78, 5) is 12.9. The van der Waals surface area contributed by atoms with Gasteiger partial charge in [-0.3, -0.25) is 9.36 Å². The molecule has 38 heavy (non-hydrogen) atoms. The highest BCUT2D eigenvalue weighted by atomic mass is 32.2. The van der Waals surface area contributed by atoms with Gasteiger partial charge in [-0.25, -0.2) is 8.42 Å². The van der Waals surface area contributed by atoms with E-state index in [1.165, 1.54) is 35.7 Å². The summed E-state index contributed by atoms with van der Waals surface area (Å²) in [5, 5.41) is 46.8. The molecule has 14 heteroatoms. The minimum atomic E-state index is -3.75. The van der Waals surface area contributed by atoms with E-state index < -0.39 is 21.5 Å².